The topological polar surface area (TPSA) is 52.6 Å². The molecule has 0 amide bonds. The Kier molecular flexibility index (Phi) is 5.71. The van der Waals surface area contributed by atoms with Gasteiger partial charge < -0.3 is 9.47 Å². The van der Waals surface area contributed by atoms with Crippen LogP contribution >= 0.6 is 12.2 Å². The highest BCUT2D eigenvalue weighted by molar-refractivity contribution is 7.81. The van der Waals surface area contributed by atoms with Crippen LogP contribution in [0, 0.1) is 0 Å². The van der Waals surface area contributed by atoms with Crippen LogP contribution in [0.25, 0.3) is 0 Å². The molecule has 0 bridgehead atoms. The van der Waals surface area contributed by atoms with Gasteiger partial charge in [-0.15, -0.1) is 0 Å². The molecule has 0 heterocycles. The van der Waals surface area contributed by atoms with Crippen molar-refractivity contribution in [3.63, 3.8) is 0 Å². The Morgan fingerprint density at radius 1 is 0.815 bits per heavy atom. The van der Waals surface area contributed by atoms with Crippen LogP contribution in [-0.2, 0) is 24.5 Å². The number of hydrogen-bond donors (Lipinski definition) is 0. The lowest BCUT2D eigenvalue weighted by Gasteiger charge is -2.41. The molecule has 5 heteroatoms. The van der Waals surface area contributed by atoms with Crippen molar-refractivity contribution in [1.29, 1.82) is 0 Å². The maximum Gasteiger partial charge on any atom is 0.305 e. The van der Waals surface area contributed by atoms with Gasteiger partial charge in [0, 0.05) is 18.3 Å². The monoisotopic (exact) mass is 382 g/mol. The Morgan fingerprint density at radius 3 is 1.63 bits per heavy atom. The van der Waals surface area contributed by atoms with Gasteiger partial charge in [-0.3, -0.25) is 9.59 Å². The van der Waals surface area contributed by atoms with Gasteiger partial charge in [-0.25, -0.2) is 0 Å². The Bertz CT molecular complexity index is 816. The van der Waals surface area contributed by atoms with Crippen LogP contribution in [0.1, 0.15) is 47.9 Å². The number of benzene rings is 2. The van der Waals surface area contributed by atoms with Crippen LogP contribution in [0.3, 0.4) is 0 Å². The SMILES string of the molecule is COC(=O)CCC1(CCC(=O)OC)c2ccccc2C(=S)c2ccccc21. The summed E-state index contributed by atoms with van der Waals surface area (Å²) in [4.78, 5) is 24.7. The van der Waals surface area contributed by atoms with Crippen molar-refractivity contribution in [1.82, 2.24) is 0 Å². The Balaban J connectivity index is 2.17. The first kappa shape index (κ1) is 19.2. The van der Waals surface area contributed by atoms with Gasteiger partial charge in [0.2, 0.25) is 0 Å². The lowest BCUT2D eigenvalue weighted by molar-refractivity contribution is -0.141. The molecule has 0 spiro atoms. The molecular weight excluding hydrogens is 360 g/mol. The highest BCUT2D eigenvalue weighted by atomic mass is 32.1. The summed E-state index contributed by atoms with van der Waals surface area (Å²) in [5, 5.41) is 0. The molecule has 0 unspecified atom stereocenters. The van der Waals surface area contributed by atoms with Gasteiger partial charge in [0.1, 0.15) is 0 Å². The summed E-state index contributed by atoms with van der Waals surface area (Å²) in [6, 6.07) is 16.0. The van der Waals surface area contributed by atoms with E-state index in [1.807, 2.05) is 48.5 Å². The van der Waals surface area contributed by atoms with E-state index in [-0.39, 0.29) is 24.8 Å². The van der Waals surface area contributed by atoms with Gasteiger partial charge >= 0.3 is 11.9 Å². The van der Waals surface area contributed by atoms with Crippen LogP contribution in [0.5, 0.6) is 0 Å². The molecule has 0 saturated carbocycles. The molecule has 2 aromatic carbocycles. The molecule has 0 N–H and O–H groups in total. The zero-order valence-electron chi connectivity index (χ0n) is 15.5. The van der Waals surface area contributed by atoms with Crippen molar-refractivity contribution in [3.05, 3.63) is 70.8 Å². The highest BCUT2D eigenvalue weighted by Crippen LogP contribution is 2.48. The summed E-state index contributed by atoms with van der Waals surface area (Å²) >= 11 is 5.75. The summed E-state index contributed by atoms with van der Waals surface area (Å²) in [5.74, 6) is -0.536. The van der Waals surface area contributed by atoms with E-state index >= 15 is 0 Å². The minimum Gasteiger partial charge on any atom is -0.469 e. The van der Waals surface area contributed by atoms with Gasteiger partial charge in [0.05, 0.1) is 19.1 Å². The van der Waals surface area contributed by atoms with E-state index in [2.05, 4.69) is 0 Å². The largest absolute Gasteiger partial charge is 0.469 e. The first-order valence-corrected chi connectivity index (χ1v) is 9.31. The predicted molar refractivity (Wildman–Crippen MR) is 107 cm³/mol. The third kappa shape index (κ3) is 3.52. The van der Waals surface area contributed by atoms with Crippen molar-refractivity contribution in [2.75, 3.05) is 14.2 Å². The standard InChI is InChI=1S/C22H22O4S/c1-25-19(23)11-13-22(14-12-20(24)26-2)17-9-5-3-7-15(17)21(27)16-8-4-6-10-18(16)22/h3-10H,11-14H2,1-2H3. The average Bonchev–Trinajstić information content (AvgIpc) is 2.72. The maximum absolute atomic E-state index is 11.9. The summed E-state index contributed by atoms with van der Waals surface area (Å²) in [5.41, 5.74) is 3.59. The number of rotatable bonds is 6. The number of carbonyl (C=O) groups is 2. The minimum atomic E-state index is -0.502. The fourth-order valence-electron chi connectivity index (χ4n) is 3.99. The van der Waals surface area contributed by atoms with E-state index in [0.29, 0.717) is 12.8 Å². The molecule has 1 aliphatic carbocycles. The van der Waals surface area contributed by atoms with E-state index in [1.165, 1.54) is 14.2 Å². The van der Waals surface area contributed by atoms with Crippen LogP contribution in [0.4, 0.5) is 0 Å². The third-order valence-corrected chi connectivity index (χ3v) is 5.78. The second kappa shape index (κ2) is 8.01. The first-order chi connectivity index (χ1) is 13.0. The summed E-state index contributed by atoms with van der Waals surface area (Å²) in [6.45, 7) is 0. The third-order valence-electron chi connectivity index (χ3n) is 5.34. The van der Waals surface area contributed by atoms with Crippen LogP contribution < -0.4 is 0 Å². The second-order valence-electron chi connectivity index (χ2n) is 6.65. The molecule has 0 aliphatic heterocycles. The number of fused-ring (bicyclic) bond motifs is 2. The molecule has 3 rings (SSSR count). The zero-order chi connectivity index (χ0) is 19.4. The van der Waals surface area contributed by atoms with Crippen molar-refractivity contribution < 1.29 is 19.1 Å². The molecule has 0 saturated heterocycles. The molecule has 27 heavy (non-hydrogen) atoms. The van der Waals surface area contributed by atoms with Crippen LogP contribution in [0.15, 0.2) is 48.5 Å². The van der Waals surface area contributed by atoms with Gasteiger partial charge in [0.25, 0.3) is 0 Å². The summed E-state index contributed by atoms with van der Waals surface area (Å²) in [7, 11) is 2.78. The zero-order valence-corrected chi connectivity index (χ0v) is 16.3. The van der Waals surface area contributed by atoms with Gasteiger partial charge in [0.15, 0.2) is 0 Å². The summed E-state index contributed by atoms with van der Waals surface area (Å²) in [6.07, 6.45) is 1.58. The number of methoxy groups -OCH3 is 2. The molecule has 1 aliphatic rings. The molecule has 0 atom stereocenters. The first-order valence-electron chi connectivity index (χ1n) is 8.91. The Morgan fingerprint density at radius 2 is 1.22 bits per heavy atom. The van der Waals surface area contributed by atoms with Crippen molar-refractivity contribution >= 4 is 29.0 Å². The Labute approximate surface area is 164 Å². The van der Waals surface area contributed by atoms with Crippen LogP contribution in [0.2, 0.25) is 0 Å². The number of thiocarbonyl (C=S) groups is 1. The molecule has 4 nitrogen and oxygen atoms in total. The Hall–Kier alpha value is -2.53. The molecule has 0 fully saturated rings. The summed E-state index contributed by atoms with van der Waals surface area (Å²) < 4.78 is 9.75. The number of ether oxygens (including phenoxy) is 2. The van der Waals surface area contributed by atoms with E-state index in [0.717, 1.165) is 27.1 Å². The van der Waals surface area contributed by atoms with E-state index in [1.54, 1.807) is 0 Å². The number of esters is 2. The molecule has 2 aromatic rings. The molecule has 140 valence electrons. The molecule has 0 radical (unpaired) electrons. The highest BCUT2D eigenvalue weighted by Gasteiger charge is 2.42. The molecule has 0 aromatic heterocycles. The predicted octanol–water partition coefficient (Wildman–Crippen LogP) is 3.96. The van der Waals surface area contributed by atoms with Crippen molar-refractivity contribution in [2.45, 2.75) is 31.1 Å². The van der Waals surface area contributed by atoms with Gasteiger partial charge in [-0.2, -0.15) is 0 Å². The van der Waals surface area contributed by atoms with E-state index in [4.69, 9.17) is 21.7 Å². The van der Waals surface area contributed by atoms with Crippen molar-refractivity contribution in [2.24, 2.45) is 0 Å². The van der Waals surface area contributed by atoms with Gasteiger partial charge in [-0.1, -0.05) is 60.7 Å². The number of carbonyl (C=O) groups excluding carboxylic acids is 2. The van der Waals surface area contributed by atoms with E-state index < -0.39 is 5.41 Å². The lowest BCUT2D eigenvalue weighted by Crippen LogP contribution is -2.37. The second-order valence-corrected chi connectivity index (χ2v) is 7.06. The normalized spacial score (nSPS) is 14.1. The average molecular weight is 382 g/mol. The smallest absolute Gasteiger partial charge is 0.305 e. The fourth-order valence-corrected chi connectivity index (χ4v) is 4.34. The van der Waals surface area contributed by atoms with Gasteiger partial charge in [-0.05, 0) is 35.1 Å². The quantitative estimate of drug-likeness (QED) is 0.559. The fraction of sp³-hybridized carbons (Fsp3) is 0.318. The van der Waals surface area contributed by atoms with E-state index in [9.17, 15) is 9.59 Å². The lowest BCUT2D eigenvalue weighted by atomic mass is 9.62. The minimum absolute atomic E-state index is 0.257. The van der Waals surface area contributed by atoms with Crippen molar-refractivity contribution in [3.8, 4) is 0 Å². The maximum atomic E-state index is 11.9. The number of hydrogen-bond acceptors (Lipinski definition) is 5. The van der Waals surface area contributed by atoms with Crippen LogP contribution in [-0.4, -0.2) is 31.0 Å². The molecular formula is C22H22O4S.